The lowest BCUT2D eigenvalue weighted by molar-refractivity contribution is -0.161. The Kier molecular flexibility index (Phi) is 11.9. The number of fused-ring (bicyclic) bond motifs is 1. The van der Waals surface area contributed by atoms with Crippen molar-refractivity contribution in [1.82, 2.24) is 29.6 Å². The predicted octanol–water partition coefficient (Wildman–Crippen LogP) is 3.07. The van der Waals surface area contributed by atoms with E-state index < -0.39 is 12.2 Å². The SMILES string of the molecule is Cc1cc(CC(OC(=O)N2CCC(N3CCc4ccccc4NC3=O)CC2)C(=O)N2CCC(N3CCN(CC(=O)N(C)O)CC3)CC2)cc(C)c1O. The summed E-state index contributed by atoms with van der Waals surface area (Å²) in [6.45, 7) is 9.46. The number of hydrogen-bond acceptors (Lipinski definition) is 9. The summed E-state index contributed by atoms with van der Waals surface area (Å²) in [5.74, 6) is -0.336. The Hall–Kier alpha value is -4.40. The number of likely N-dealkylation sites (N-methyl/N-ethyl adjacent to an activating group) is 1. The highest BCUT2D eigenvalue weighted by molar-refractivity contribution is 5.91. The van der Waals surface area contributed by atoms with Gasteiger partial charge in [0.1, 0.15) is 5.75 Å². The molecule has 14 heteroatoms. The maximum atomic E-state index is 14.1. The van der Waals surface area contributed by atoms with Crippen LogP contribution in [0.5, 0.6) is 5.75 Å². The van der Waals surface area contributed by atoms with Crippen LogP contribution in [0.4, 0.5) is 15.3 Å². The van der Waals surface area contributed by atoms with Gasteiger partial charge in [0.05, 0.1) is 6.54 Å². The fourth-order valence-corrected chi connectivity index (χ4v) is 8.09. The number of nitrogens with one attached hydrogen (secondary N) is 1. The number of hydrogen-bond donors (Lipinski definition) is 3. The van der Waals surface area contributed by atoms with Crippen LogP contribution in [0, 0.1) is 13.8 Å². The Morgan fingerprint density at radius 3 is 2.15 bits per heavy atom. The van der Waals surface area contributed by atoms with E-state index in [0.29, 0.717) is 67.8 Å². The number of aryl methyl sites for hydroxylation is 2. The van der Waals surface area contributed by atoms with Gasteiger partial charge in [0, 0.05) is 90.1 Å². The molecule has 5 amide bonds. The van der Waals surface area contributed by atoms with Gasteiger partial charge in [0.2, 0.25) is 0 Å². The molecule has 1 unspecified atom stereocenters. The molecule has 2 aromatic rings. The average molecular weight is 720 g/mol. The molecule has 2 aromatic carbocycles. The molecule has 0 aliphatic carbocycles. The summed E-state index contributed by atoms with van der Waals surface area (Å²) >= 11 is 0. The summed E-state index contributed by atoms with van der Waals surface area (Å²) in [4.78, 5) is 62.6. The first kappa shape index (κ1) is 37.4. The number of piperazine rings is 1. The lowest BCUT2D eigenvalue weighted by Crippen LogP contribution is -2.56. The maximum absolute atomic E-state index is 14.1. The highest BCUT2D eigenvalue weighted by Gasteiger charge is 2.37. The standard InChI is InChI=1S/C38H53N7O7/c1-26-22-28(23-27(2)35(26)47)24-33(36(48)43-13-9-30(10-14-43)42-20-18-41(19-21-42)25-34(46)40(3)51)52-38(50)44-15-11-31(12-16-44)45-17-8-29-6-4-5-7-32(29)39-37(45)49/h4-7,22-23,30-31,33,47,51H,8-21,24-25H2,1-3H3,(H,39,49). The van der Waals surface area contributed by atoms with Crippen molar-refractivity contribution >= 4 is 29.6 Å². The quantitative estimate of drug-likeness (QED) is 0.277. The van der Waals surface area contributed by atoms with Gasteiger partial charge < -0.3 is 29.9 Å². The van der Waals surface area contributed by atoms with Gasteiger partial charge in [-0.25, -0.2) is 14.7 Å². The van der Waals surface area contributed by atoms with Crippen molar-refractivity contribution in [2.24, 2.45) is 0 Å². The second kappa shape index (κ2) is 16.5. The second-order valence-corrected chi connectivity index (χ2v) is 14.7. The van der Waals surface area contributed by atoms with Crippen LogP contribution >= 0.6 is 0 Å². The first-order valence-electron chi connectivity index (χ1n) is 18.6. The molecule has 3 fully saturated rings. The van der Waals surface area contributed by atoms with Gasteiger partial charge in [-0.3, -0.25) is 24.6 Å². The van der Waals surface area contributed by atoms with Crippen molar-refractivity contribution < 1.29 is 34.2 Å². The molecule has 4 heterocycles. The number of phenolic OH excluding ortho intramolecular Hbond substituents is 1. The molecule has 14 nitrogen and oxygen atoms in total. The summed E-state index contributed by atoms with van der Waals surface area (Å²) in [6.07, 6.45) is 2.23. The average Bonchev–Trinajstić information content (AvgIpc) is 3.31. The fourth-order valence-electron chi connectivity index (χ4n) is 8.09. The highest BCUT2D eigenvalue weighted by atomic mass is 16.6. The van der Waals surface area contributed by atoms with Crippen molar-refractivity contribution in [3.63, 3.8) is 0 Å². The number of nitrogens with zero attached hydrogens (tertiary/aromatic N) is 6. The second-order valence-electron chi connectivity index (χ2n) is 14.7. The molecule has 4 aliphatic heterocycles. The van der Waals surface area contributed by atoms with Crippen LogP contribution in [0.2, 0.25) is 0 Å². The number of urea groups is 1. The topological polar surface area (TPSA) is 149 Å². The van der Waals surface area contributed by atoms with E-state index in [9.17, 15) is 29.5 Å². The molecule has 0 aromatic heterocycles. The van der Waals surface area contributed by atoms with E-state index in [1.54, 1.807) is 4.90 Å². The monoisotopic (exact) mass is 719 g/mol. The molecule has 4 aliphatic rings. The van der Waals surface area contributed by atoms with Crippen LogP contribution < -0.4 is 5.32 Å². The van der Waals surface area contributed by atoms with Crippen molar-refractivity contribution in [3.8, 4) is 5.75 Å². The van der Waals surface area contributed by atoms with Gasteiger partial charge in [-0.2, -0.15) is 0 Å². The Labute approximate surface area is 305 Å². The Morgan fingerprint density at radius 2 is 1.50 bits per heavy atom. The highest BCUT2D eigenvalue weighted by Crippen LogP contribution is 2.27. The number of para-hydroxylation sites is 1. The van der Waals surface area contributed by atoms with E-state index in [1.165, 1.54) is 7.05 Å². The van der Waals surface area contributed by atoms with Crippen molar-refractivity contribution in [2.45, 2.75) is 70.6 Å². The van der Waals surface area contributed by atoms with Gasteiger partial charge in [0.25, 0.3) is 11.8 Å². The summed E-state index contributed by atoms with van der Waals surface area (Å²) in [5, 5.41) is 23.4. The van der Waals surface area contributed by atoms with E-state index in [2.05, 4.69) is 10.2 Å². The molecule has 52 heavy (non-hydrogen) atoms. The molecule has 1 atom stereocenters. The number of likely N-dealkylation sites (tertiary alicyclic amines) is 2. The van der Waals surface area contributed by atoms with Gasteiger partial charge in [-0.05, 0) is 74.3 Å². The summed E-state index contributed by atoms with van der Waals surface area (Å²) in [7, 11) is 1.34. The number of aromatic hydroxyl groups is 1. The van der Waals surface area contributed by atoms with Crippen LogP contribution in [0.3, 0.4) is 0 Å². The lowest BCUT2D eigenvalue weighted by atomic mass is 9.98. The number of rotatable bonds is 8. The van der Waals surface area contributed by atoms with Crippen LogP contribution in [0.15, 0.2) is 36.4 Å². The molecular weight excluding hydrogens is 666 g/mol. The number of anilines is 1. The number of benzene rings is 2. The Morgan fingerprint density at radius 1 is 0.885 bits per heavy atom. The first-order chi connectivity index (χ1) is 25.0. The third-order valence-electron chi connectivity index (χ3n) is 11.2. The van der Waals surface area contributed by atoms with Gasteiger partial charge in [0.15, 0.2) is 6.10 Å². The van der Waals surface area contributed by atoms with Crippen LogP contribution in [-0.2, 0) is 27.2 Å². The number of amides is 5. The van der Waals surface area contributed by atoms with Crippen molar-refractivity contribution in [3.05, 3.63) is 58.7 Å². The number of hydroxylamine groups is 2. The zero-order valence-electron chi connectivity index (χ0n) is 30.6. The normalized spacial score (nSPS) is 20.2. The zero-order chi connectivity index (χ0) is 36.9. The van der Waals surface area contributed by atoms with Crippen LogP contribution in [-0.4, -0.2) is 154 Å². The molecule has 0 spiro atoms. The zero-order valence-corrected chi connectivity index (χ0v) is 30.6. The van der Waals surface area contributed by atoms with Gasteiger partial charge in [-0.15, -0.1) is 0 Å². The van der Waals surface area contributed by atoms with E-state index in [0.717, 1.165) is 62.3 Å². The number of phenols is 1. The van der Waals surface area contributed by atoms with Crippen LogP contribution in [0.1, 0.15) is 47.9 Å². The first-order valence-corrected chi connectivity index (χ1v) is 18.6. The summed E-state index contributed by atoms with van der Waals surface area (Å²) in [5.41, 5.74) is 4.16. The molecular formula is C38H53N7O7. The van der Waals surface area contributed by atoms with Crippen molar-refractivity contribution in [1.29, 1.82) is 0 Å². The summed E-state index contributed by atoms with van der Waals surface area (Å²) < 4.78 is 6.06. The van der Waals surface area contributed by atoms with Crippen molar-refractivity contribution in [2.75, 3.05) is 77.8 Å². The smallest absolute Gasteiger partial charge is 0.410 e. The van der Waals surface area contributed by atoms with E-state index in [1.807, 2.05) is 64.9 Å². The molecule has 0 radical (unpaired) electrons. The number of piperidine rings is 2. The maximum Gasteiger partial charge on any atom is 0.410 e. The van der Waals surface area contributed by atoms with Gasteiger partial charge in [-0.1, -0.05) is 30.3 Å². The Bertz CT molecular complexity index is 1590. The number of carbonyl (C=O) groups is 4. The molecule has 282 valence electrons. The fraction of sp³-hybridized carbons (Fsp3) is 0.579. The lowest BCUT2D eigenvalue weighted by Gasteiger charge is -2.43. The largest absolute Gasteiger partial charge is 0.507 e. The van der Waals surface area contributed by atoms with E-state index >= 15 is 0 Å². The minimum absolute atomic E-state index is 0.00672. The molecule has 3 saturated heterocycles. The van der Waals surface area contributed by atoms with E-state index in [-0.39, 0.29) is 42.6 Å². The van der Waals surface area contributed by atoms with Gasteiger partial charge >= 0.3 is 12.1 Å². The third kappa shape index (κ3) is 8.79. The Balaban J connectivity index is 1.05. The molecule has 0 bridgehead atoms. The molecule has 0 saturated carbocycles. The van der Waals surface area contributed by atoms with Crippen LogP contribution in [0.25, 0.3) is 0 Å². The summed E-state index contributed by atoms with van der Waals surface area (Å²) in [6, 6.07) is 11.7. The third-order valence-corrected chi connectivity index (χ3v) is 11.2. The van der Waals surface area contributed by atoms with E-state index in [4.69, 9.17) is 4.74 Å². The molecule has 3 N–H and O–H groups in total. The number of carbonyl (C=O) groups excluding carboxylic acids is 4. The molecule has 6 rings (SSSR count). The minimum Gasteiger partial charge on any atom is -0.507 e. The number of ether oxygens (including phenoxy) is 1. The minimum atomic E-state index is -1.02. The predicted molar refractivity (Wildman–Crippen MR) is 194 cm³/mol.